The number of anilines is 1. The number of nitrogens with zero attached hydrogens (tertiary/aromatic N) is 1. The van der Waals surface area contributed by atoms with Gasteiger partial charge in [-0.1, -0.05) is 6.07 Å². The lowest BCUT2D eigenvalue weighted by molar-refractivity contribution is 0.115. The van der Waals surface area contributed by atoms with Gasteiger partial charge in [-0.05, 0) is 60.3 Å². The average molecular weight is 327 g/mol. The van der Waals surface area contributed by atoms with E-state index in [1.54, 1.807) is 0 Å². The molecule has 0 spiro atoms. The van der Waals surface area contributed by atoms with Gasteiger partial charge in [-0.2, -0.15) is 0 Å². The van der Waals surface area contributed by atoms with Crippen LogP contribution in [0.1, 0.15) is 38.3 Å². The number of rotatable bonds is 5. The van der Waals surface area contributed by atoms with E-state index >= 15 is 0 Å². The van der Waals surface area contributed by atoms with E-state index in [-0.39, 0.29) is 6.04 Å². The Labute approximate surface area is 124 Å². The molecule has 0 saturated carbocycles. The smallest absolute Gasteiger partial charge is 0.0750 e. The molecule has 0 bridgehead atoms. The highest BCUT2D eigenvalue weighted by Gasteiger charge is 2.20. The highest BCUT2D eigenvalue weighted by Crippen LogP contribution is 2.30. The lowest BCUT2D eigenvalue weighted by Gasteiger charge is -2.27. The molecule has 1 aliphatic rings. The van der Waals surface area contributed by atoms with Crippen LogP contribution < -0.4 is 10.6 Å². The molecule has 2 rings (SSSR count). The lowest BCUT2D eigenvalue weighted by atomic mass is 10.1. The van der Waals surface area contributed by atoms with Gasteiger partial charge >= 0.3 is 0 Å². The summed E-state index contributed by atoms with van der Waals surface area (Å²) < 4.78 is 6.84. The Morgan fingerprint density at radius 1 is 1.53 bits per heavy atom. The van der Waals surface area contributed by atoms with Gasteiger partial charge in [-0.15, -0.1) is 0 Å². The molecule has 3 nitrogen and oxygen atoms in total. The Balaban J connectivity index is 2.13. The number of hydrogen-bond acceptors (Lipinski definition) is 3. The number of ether oxygens (including phenoxy) is 1. The molecular formula is C15H23BrN2O. The molecule has 1 saturated heterocycles. The summed E-state index contributed by atoms with van der Waals surface area (Å²) in [6.07, 6.45) is 2.74. The molecule has 1 aromatic rings. The molecule has 4 heteroatoms. The first-order valence-electron chi connectivity index (χ1n) is 7.03. The van der Waals surface area contributed by atoms with E-state index in [9.17, 15) is 0 Å². The fourth-order valence-electron chi connectivity index (χ4n) is 2.49. The van der Waals surface area contributed by atoms with Crippen molar-refractivity contribution >= 4 is 21.6 Å². The van der Waals surface area contributed by atoms with Crippen LogP contribution in [0.3, 0.4) is 0 Å². The molecular weight excluding hydrogens is 304 g/mol. The molecule has 0 aromatic heterocycles. The van der Waals surface area contributed by atoms with Crippen LogP contribution in [0.15, 0.2) is 22.7 Å². The van der Waals surface area contributed by atoms with Gasteiger partial charge in [-0.25, -0.2) is 0 Å². The van der Waals surface area contributed by atoms with Crippen LogP contribution in [0.5, 0.6) is 0 Å². The highest BCUT2D eigenvalue weighted by atomic mass is 79.9. The third kappa shape index (κ3) is 3.71. The fourth-order valence-corrected chi connectivity index (χ4v) is 3.14. The Morgan fingerprint density at radius 2 is 2.32 bits per heavy atom. The number of likely N-dealkylation sites (N-methyl/N-ethyl adjacent to an activating group) is 1. The van der Waals surface area contributed by atoms with Crippen LogP contribution in [0, 0.1) is 0 Å². The van der Waals surface area contributed by atoms with E-state index in [0.717, 1.165) is 29.7 Å². The maximum Gasteiger partial charge on any atom is 0.0750 e. The number of halogens is 1. The minimum absolute atomic E-state index is 0.0681. The minimum atomic E-state index is 0.0681. The molecule has 1 aromatic carbocycles. The van der Waals surface area contributed by atoms with Crippen LogP contribution >= 0.6 is 15.9 Å². The molecule has 0 aliphatic carbocycles. The van der Waals surface area contributed by atoms with Crippen LogP contribution in [0.4, 0.5) is 5.69 Å². The Kier molecular flexibility index (Phi) is 5.25. The second-order valence-corrected chi connectivity index (χ2v) is 6.03. The molecule has 106 valence electrons. The van der Waals surface area contributed by atoms with E-state index in [4.69, 9.17) is 10.5 Å². The third-order valence-electron chi connectivity index (χ3n) is 3.67. The van der Waals surface area contributed by atoms with Crippen molar-refractivity contribution in [3.05, 3.63) is 28.2 Å². The first-order valence-corrected chi connectivity index (χ1v) is 7.82. The summed E-state index contributed by atoms with van der Waals surface area (Å²) in [6.45, 7) is 7.04. The zero-order valence-corrected chi connectivity index (χ0v) is 13.3. The van der Waals surface area contributed by atoms with Gasteiger partial charge in [0, 0.05) is 30.2 Å². The molecule has 2 N–H and O–H groups in total. The lowest BCUT2D eigenvalue weighted by Crippen LogP contribution is -2.32. The van der Waals surface area contributed by atoms with Crippen molar-refractivity contribution in [2.24, 2.45) is 5.73 Å². The summed E-state index contributed by atoms with van der Waals surface area (Å²) in [6, 6.07) is 6.46. The van der Waals surface area contributed by atoms with E-state index in [1.807, 2.05) is 6.92 Å². The third-order valence-corrected chi connectivity index (χ3v) is 4.30. The van der Waals surface area contributed by atoms with Gasteiger partial charge in [0.1, 0.15) is 0 Å². The largest absolute Gasteiger partial charge is 0.376 e. The Bertz CT molecular complexity index is 417. The van der Waals surface area contributed by atoms with Gasteiger partial charge in [0.25, 0.3) is 0 Å². The monoisotopic (exact) mass is 326 g/mol. The van der Waals surface area contributed by atoms with Crippen molar-refractivity contribution in [1.29, 1.82) is 0 Å². The number of nitrogens with two attached hydrogens (primary N) is 1. The number of hydrogen-bond donors (Lipinski definition) is 1. The zero-order valence-electron chi connectivity index (χ0n) is 11.7. The normalized spacial score (nSPS) is 20.5. The quantitative estimate of drug-likeness (QED) is 0.900. The standard InChI is InChI=1S/C15H23BrN2O/c1-3-18(10-13-5-4-8-19-13)15-7-6-12(11(2)17)9-14(15)16/h6-7,9,11,13H,3-5,8,10,17H2,1-2H3/t11-,13?/m1/s1. The van der Waals surface area contributed by atoms with Crippen molar-refractivity contribution in [2.45, 2.75) is 38.8 Å². The molecule has 19 heavy (non-hydrogen) atoms. The van der Waals surface area contributed by atoms with E-state index in [1.165, 1.54) is 18.5 Å². The van der Waals surface area contributed by atoms with Crippen LogP contribution in [-0.4, -0.2) is 25.8 Å². The topological polar surface area (TPSA) is 38.5 Å². The maximum absolute atomic E-state index is 5.92. The van der Waals surface area contributed by atoms with Gasteiger partial charge in [-0.3, -0.25) is 0 Å². The van der Waals surface area contributed by atoms with Gasteiger partial charge < -0.3 is 15.4 Å². The van der Waals surface area contributed by atoms with Crippen LogP contribution in [0.25, 0.3) is 0 Å². The minimum Gasteiger partial charge on any atom is -0.376 e. The van der Waals surface area contributed by atoms with E-state index in [2.05, 4.69) is 46.0 Å². The van der Waals surface area contributed by atoms with Crippen molar-refractivity contribution in [3.8, 4) is 0 Å². The summed E-state index contributed by atoms with van der Waals surface area (Å²) in [7, 11) is 0. The number of benzene rings is 1. The molecule has 1 aliphatic heterocycles. The zero-order chi connectivity index (χ0) is 13.8. The van der Waals surface area contributed by atoms with Crippen LogP contribution in [0.2, 0.25) is 0 Å². The van der Waals surface area contributed by atoms with Crippen molar-refractivity contribution in [1.82, 2.24) is 0 Å². The Morgan fingerprint density at radius 3 is 2.84 bits per heavy atom. The molecule has 2 atom stereocenters. The SMILES string of the molecule is CCN(CC1CCCO1)c1ccc([C@@H](C)N)cc1Br. The predicted molar refractivity (Wildman–Crippen MR) is 83.6 cm³/mol. The van der Waals surface area contributed by atoms with Crippen LogP contribution in [-0.2, 0) is 4.74 Å². The average Bonchev–Trinajstić information content (AvgIpc) is 2.89. The first-order chi connectivity index (χ1) is 9.11. The van der Waals surface area contributed by atoms with Gasteiger partial charge in [0.15, 0.2) is 0 Å². The van der Waals surface area contributed by atoms with E-state index < -0.39 is 0 Å². The van der Waals surface area contributed by atoms with Crippen molar-refractivity contribution in [3.63, 3.8) is 0 Å². The second kappa shape index (κ2) is 6.73. The summed E-state index contributed by atoms with van der Waals surface area (Å²) in [4.78, 5) is 2.37. The predicted octanol–water partition coefficient (Wildman–Crippen LogP) is 3.47. The fraction of sp³-hybridized carbons (Fsp3) is 0.600. The second-order valence-electron chi connectivity index (χ2n) is 5.17. The van der Waals surface area contributed by atoms with Gasteiger partial charge in [0.05, 0.1) is 11.8 Å². The van der Waals surface area contributed by atoms with Crippen molar-refractivity contribution in [2.75, 3.05) is 24.6 Å². The van der Waals surface area contributed by atoms with Gasteiger partial charge in [0.2, 0.25) is 0 Å². The summed E-state index contributed by atoms with van der Waals surface area (Å²) in [5.41, 5.74) is 8.30. The summed E-state index contributed by atoms with van der Waals surface area (Å²) in [5.74, 6) is 0. The first kappa shape index (κ1) is 14.8. The summed E-state index contributed by atoms with van der Waals surface area (Å²) in [5, 5.41) is 0. The molecule has 1 unspecified atom stereocenters. The molecule has 0 radical (unpaired) electrons. The van der Waals surface area contributed by atoms with E-state index in [0.29, 0.717) is 6.10 Å². The highest BCUT2D eigenvalue weighted by molar-refractivity contribution is 9.10. The summed E-state index contributed by atoms with van der Waals surface area (Å²) >= 11 is 3.67. The molecule has 1 heterocycles. The van der Waals surface area contributed by atoms with Crippen molar-refractivity contribution < 1.29 is 4.74 Å². The maximum atomic E-state index is 5.92. The molecule has 0 amide bonds. The molecule has 1 fully saturated rings. The Hall–Kier alpha value is -0.580.